The van der Waals surface area contributed by atoms with Crippen LogP contribution < -0.4 is 4.74 Å². The normalized spacial score (nSPS) is 9.93. The molecular formula is C11H9NO3. The van der Waals surface area contributed by atoms with Gasteiger partial charge in [0.2, 0.25) is 0 Å². The van der Waals surface area contributed by atoms with Gasteiger partial charge in [0.05, 0.1) is 6.20 Å². The van der Waals surface area contributed by atoms with Crippen LogP contribution in [0.5, 0.6) is 5.75 Å². The largest absolute Gasteiger partial charge is 0.423 e. The molecule has 0 atom stereocenters. The van der Waals surface area contributed by atoms with E-state index in [1.807, 2.05) is 25.1 Å². The van der Waals surface area contributed by atoms with E-state index in [0.29, 0.717) is 11.3 Å². The molecule has 0 aliphatic carbocycles. The van der Waals surface area contributed by atoms with Crippen LogP contribution in [0.25, 0.3) is 0 Å². The Hall–Kier alpha value is -2.10. The van der Waals surface area contributed by atoms with Gasteiger partial charge in [-0.3, -0.25) is 0 Å². The van der Waals surface area contributed by atoms with Gasteiger partial charge in [0.15, 0.2) is 0 Å². The highest BCUT2D eigenvalue weighted by Crippen LogP contribution is 2.17. The van der Waals surface area contributed by atoms with Gasteiger partial charge >= 0.3 is 5.97 Å². The van der Waals surface area contributed by atoms with Crippen molar-refractivity contribution in [2.45, 2.75) is 6.92 Å². The van der Waals surface area contributed by atoms with Gasteiger partial charge in [0, 0.05) is 0 Å². The maximum atomic E-state index is 11.5. The molecule has 0 amide bonds. The molecule has 1 aromatic heterocycles. The minimum absolute atomic E-state index is 0.304. The van der Waals surface area contributed by atoms with Gasteiger partial charge in [0.1, 0.15) is 17.6 Å². The van der Waals surface area contributed by atoms with Crippen molar-refractivity contribution in [1.82, 2.24) is 5.16 Å². The van der Waals surface area contributed by atoms with Crippen LogP contribution in [0.15, 0.2) is 41.2 Å². The minimum atomic E-state index is -0.467. The summed E-state index contributed by atoms with van der Waals surface area (Å²) in [5.74, 6) is 0.0780. The Labute approximate surface area is 86.5 Å². The summed E-state index contributed by atoms with van der Waals surface area (Å²) >= 11 is 0. The number of rotatable bonds is 2. The van der Waals surface area contributed by atoms with Crippen LogP contribution in [0.1, 0.15) is 15.9 Å². The first-order valence-electron chi connectivity index (χ1n) is 4.44. The number of benzene rings is 1. The summed E-state index contributed by atoms with van der Waals surface area (Å²) in [5, 5.41) is 3.43. The predicted octanol–water partition coefficient (Wildman–Crippen LogP) is 2.20. The molecule has 0 bridgehead atoms. The van der Waals surface area contributed by atoms with Gasteiger partial charge in [-0.05, 0) is 18.6 Å². The molecule has 0 spiro atoms. The highest BCUT2D eigenvalue weighted by Gasteiger charge is 2.11. The second-order valence-corrected chi connectivity index (χ2v) is 3.07. The summed E-state index contributed by atoms with van der Waals surface area (Å²) in [5.41, 5.74) is 1.21. The van der Waals surface area contributed by atoms with Crippen molar-refractivity contribution in [3.8, 4) is 5.75 Å². The van der Waals surface area contributed by atoms with Crippen LogP contribution in [0.2, 0.25) is 0 Å². The summed E-state index contributed by atoms with van der Waals surface area (Å²) in [6, 6.07) is 7.30. The molecule has 0 fully saturated rings. The predicted molar refractivity (Wildman–Crippen MR) is 52.6 cm³/mol. The zero-order chi connectivity index (χ0) is 10.7. The molecule has 2 aromatic rings. The summed E-state index contributed by atoms with van der Waals surface area (Å²) in [7, 11) is 0. The summed E-state index contributed by atoms with van der Waals surface area (Å²) in [6.45, 7) is 1.87. The van der Waals surface area contributed by atoms with Crippen LogP contribution in [0, 0.1) is 6.92 Å². The quantitative estimate of drug-likeness (QED) is 0.554. The van der Waals surface area contributed by atoms with E-state index in [1.165, 1.54) is 12.5 Å². The number of aryl methyl sites for hydroxylation is 1. The molecule has 0 saturated carbocycles. The lowest BCUT2D eigenvalue weighted by molar-refractivity contribution is 0.0733. The zero-order valence-electron chi connectivity index (χ0n) is 8.14. The molecule has 0 N–H and O–H groups in total. The number of esters is 1. The van der Waals surface area contributed by atoms with Crippen LogP contribution in [0.4, 0.5) is 0 Å². The van der Waals surface area contributed by atoms with Crippen molar-refractivity contribution < 1.29 is 14.1 Å². The third kappa shape index (κ3) is 2.04. The van der Waals surface area contributed by atoms with E-state index in [9.17, 15) is 4.79 Å². The summed E-state index contributed by atoms with van der Waals surface area (Å²) in [4.78, 5) is 11.5. The van der Waals surface area contributed by atoms with Crippen LogP contribution in [-0.4, -0.2) is 11.1 Å². The smallest absolute Gasteiger partial charge is 0.348 e. The first-order valence-corrected chi connectivity index (χ1v) is 4.44. The summed E-state index contributed by atoms with van der Waals surface area (Å²) in [6.07, 6.45) is 2.57. The van der Waals surface area contributed by atoms with Crippen molar-refractivity contribution in [3.05, 3.63) is 47.9 Å². The molecule has 0 saturated heterocycles. The van der Waals surface area contributed by atoms with Crippen molar-refractivity contribution in [2.24, 2.45) is 0 Å². The lowest BCUT2D eigenvalue weighted by Crippen LogP contribution is -2.07. The first-order chi connectivity index (χ1) is 7.27. The van der Waals surface area contributed by atoms with Gasteiger partial charge in [-0.15, -0.1) is 0 Å². The van der Waals surface area contributed by atoms with E-state index in [4.69, 9.17) is 4.74 Å². The fourth-order valence-corrected chi connectivity index (χ4v) is 1.14. The number of nitrogens with zero attached hydrogens (tertiary/aromatic N) is 1. The Kier molecular flexibility index (Phi) is 2.49. The van der Waals surface area contributed by atoms with Gasteiger partial charge < -0.3 is 9.26 Å². The molecule has 1 heterocycles. The minimum Gasteiger partial charge on any atom is -0.423 e. The van der Waals surface area contributed by atoms with E-state index >= 15 is 0 Å². The Balaban J connectivity index is 2.17. The lowest BCUT2D eigenvalue weighted by Gasteiger charge is -2.04. The van der Waals surface area contributed by atoms with Crippen LogP contribution in [-0.2, 0) is 0 Å². The number of hydrogen-bond donors (Lipinski definition) is 0. The number of hydrogen-bond acceptors (Lipinski definition) is 4. The van der Waals surface area contributed by atoms with E-state index in [-0.39, 0.29) is 0 Å². The second-order valence-electron chi connectivity index (χ2n) is 3.07. The Morgan fingerprint density at radius 1 is 1.40 bits per heavy atom. The van der Waals surface area contributed by atoms with Gasteiger partial charge in [-0.25, -0.2) is 4.79 Å². The molecule has 0 radical (unpaired) electrons. The molecule has 1 aromatic carbocycles. The van der Waals surface area contributed by atoms with E-state index < -0.39 is 5.97 Å². The Bertz CT molecular complexity index is 462. The molecule has 0 aliphatic heterocycles. The maximum Gasteiger partial charge on any atom is 0.348 e. The Morgan fingerprint density at radius 3 is 2.87 bits per heavy atom. The maximum absolute atomic E-state index is 11.5. The van der Waals surface area contributed by atoms with E-state index in [0.717, 1.165) is 5.56 Å². The van der Waals surface area contributed by atoms with E-state index in [1.54, 1.807) is 6.07 Å². The number of para-hydroxylation sites is 1. The van der Waals surface area contributed by atoms with E-state index in [2.05, 4.69) is 9.68 Å². The molecule has 0 unspecified atom stereocenters. The standard InChI is InChI=1S/C11H9NO3/c1-8-4-2-3-5-10(8)15-11(13)9-6-12-14-7-9/h2-7H,1H3. The molecule has 0 aliphatic rings. The highest BCUT2D eigenvalue weighted by atomic mass is 16.5. The number of ether oxygens (including phenoxy) is 1. The molecule has 4 nitrogen and oxygen atoms in total. The topological polar surface area (TPSA) is 52.3 Å². The van der Waals surface area contributed by atoms with Crippen LogP contribution >= 0.6 is 0 Å². The number of carbonyl (C=O) groups is 1. The highest BCUT2D eigenvalue weighted by molar-refractivity contribution is 5.90. The fourth-order valence-electron chi connectivity index (χ4n) is 1.14. The molecule has 2 rings (SSSR count). The monoisotopic (exact) mass is 203 g/mol. The van der Waals surface area contributed by atoms with Crippen molar-refractivity contribution in [1.29, 1.82) is 0 Å². The van der Waals surface area contributed by atoms with Gasteiger partial charge in [-0.1, -0.05) is 23.4 Å². The molecule has 15 heavy (non-hydrogen) atoms. The molecular weight excluding hydrogens is 194 g/mol. The molecule has 4 heteroatoms. The Morgan fingerprint density at radius 2 is 2.20 bits per heavy atom. The third-order valence-electron chi connectivity index (χ3n) is 1.96. The first kappa shape index (κ1) is 9.45. The molecule has 76 valence electrons. The SMILES string of the molecule is Cc1ccccc1OC(=O)c1cnoc1. The zero-order valence-corrected chi connectivity index (χ0v) is 8.14. The van der Waals surface area contributed by atoms with Gasteiger partial charge in [-0.2, -0.15) is 0 Å². The number of aromatic nitrogens is 1. The summed E-state index contributed by atoms with van der Waals surface area (Å²) < 4.78 is 9.70. The van der Waals surface area contributed by atoms with Gasteiger partial charge in [0.25, 0.3) is 0 Å². The average Bonchev–Trinajstić information content (AvgIpc) is 2.74. The van der Waals surface area contributed by atoms with Crippen LogP contribution in [0.3, 0.4) is 0 Å². The lowest BCUT2D eigenvalue weighted by atomic mass is 10.2. The van der Waals surface area contributed by atoms with Crippen molar-refractivity contribution in [2.75, 3.05) is 0 Å². The second kappa shape index (κ2) is 3.96. The van der Waals surface area contributed by atoms with Crippen molar-refractivity contribution >= 4 is 5.97 Å². The fraction of sp³-hybridized carbons (Fsp3) is 0.0909. The number of carbonyl (C=O) groups excluding carboxylic acids is 1. The van der Waals surface area contributed by atoms with Crippen molar-refractivity contribution in [3.63, 3.8) is 0 Å². The third-order valence-corrected chi connectivity index (χ3v) is 1.96. The average molecular weight is 203 g/mol.